The molecule has 0 amide bonds. The molecule has 1 aromatic heterocycles. The molecule has 0 N–H and O–H groups in total. The zero-order valence-electron chi connectivity index (χ0n) is 14.0. The van der Waals surface area contributed by atoms with Crippen molar-refractivity contribution >= 4 is 10.0 Å². The molecule has 0 unspecified atom stereocenters. The second-order valence-electron chi connectivity index (χ2n) is 6.51. The van der Waals surface area contributed by atoms with Crippen molar-refractivity contribution in [2.45, 2.75) is 45.4 Å². The molecular formula is C15H25N3O4S. The van der Waals surface area contributed by atoms with Gasteiger partial charge in [-0.3, -0.25) is 4.90 Å². The first-order valence-electron chi connectivity index (χ1n) is 8.09. The first-order chi connectivity index (χ1) is 10.9. The molecular weight excluding hydrogens is 318 g/mol. The van der Waals surface area contributed by atoms with Crippen LogP contribution >= 0.6 is 0 Å². The first kappa shape index (κ1) is 16.9. The van der Waals surface area contributed by atoms with E-state index in [2.05, 4.69) is 10.1 Å². The highest BCUT2D eigenvalue weighted by Crippen LogP contribution is 2.27. The molecule has 0 aromatic carbocycles. The van der Waals surface area contributed by atoms with E-state index in [0.29, 0.717) is 13.2 Å². The zero-order valence-corrected chi connectivity index (χ0v) is 14.8. The summed E-state index contributed by atoms with van der Waals surface area (Å²) in [4.78, 5) is 2.34. The molecule has 3 rings (SSSR count). The smallest absolute Gasteiger partial charge is 0.211 e. The van der Waals surface area contributed by atoms with Gasteiger partial charge in [0.1, 0.15) is 5.76 Å². The third kappa shape index (κ3) is 3.60. The Balaban J connectivity index is 1.71. The van der Waals surface area contributed by atoms with Gasteiger partial charge in [-0.1, -0.05) is 5.16 Å². The summed E-state index contributed by atoms with van der Waals surface area (Å²) in [6.07, 6.45) is 2.93. The molecule has 0 saturated carbocycles. The summed E-state index contributed by atoms with van der Waals surface area (Å²) in [6, 6.07) is -0.0478. The predicted molar refractivity (Wildman–Crippen MR) is 85.6 cm³/mol. The number of likely N-dealkylation sites (tertiary alicyclic amines) is 1. The molecule has 0 aliphatic carbocycles. The second kappa shape index (κ2) is 6.51. The number of morpholine rings is 1. The Labute approximate surface area is 137 Å². The van der Waals surface area contributed by atoms with E-state index in [9.17, 15) is 8.42 Å². The number of hydrogen-bond acceptors (Lipinski definition) is 6. The maximum absolute atomic E-state index is 12.0. The van der Waals surface area contributed by atoms with Crippen LogP contribution in [0.15, 0.2) is 4.52 Å². The molecule has 23 heavy (non-hydrogen) atoms. The van der Waals surface area contributed by atoms with Crippen molar-refractivity contribution in [3.05, 3.63) is 17.0 Å². The summed E-state index contributed by atoms with van der Waals surface area (Å²) in [6.45, 7) is 7.37. The van der Waals surface area contributed by atoms with Crippen molar-refractivity contribution in [1.29, 1.82) is 0 Å². The van der Waals surface area contributed by atoms with Gasteiger partial charge in [-0.25, -0.2) is 8.42 Å². The van der Waals surface area contributed by atoms with Gasteiger partial charge in [0, 0.05) is 31.7 Å². The van der Waals surface area contributed by atoms with E-state index < -0.39 is 10.0 Å². The lowest BCUT2D eigenvalue weighted by molar-refractivity contribution is -0.0407. The minimum atomic E-state index is -3.18. The standard InChI is InChI=1S/C15H25N3O4S/c1-11-13(12(2)22-16-11)10-17-6-4-14-15(5-7-17)21-9-8-18(14)23(3,19)20/h14-15H,4-10H2,1-3H3/t14-,15-/m1/s1. The van der Waals surface area contributed by atoms with Gasteiger partial charge in [-0.2, -0.15) is 4.31 Å². The van der Waals surface area contributed by atoms with Gasteiger partial charge in [0.2, 0.25) is 10.0 Å². The molecule has 0 bridgehead atoms. The molecule has 2 aliphatic rings. The van der Waals surface area contributed by atoms with Crippen LogP contribution in [-0.4, -0.2) is 67.4 Å². The summed E-state index contributed by atoms with van der Waals surface area (Å²) >= 11 is 0. The summed E-state index contributed by atoms with van der Waals surface area (Å²) in [5.74, 6) is 0.859. The van der Waals surface area contributed by atoms with E-state index in [1.165, 1.54) is 6.26 Å². The number of rotatable bonds is 3. The number of nitrogens with zero attached hydrogens (tertiary/aromatic N) is 3. The van der Waals surface area contributed by atoms with E-state index in [1.807, 2.05) is 13.8 Å². The molecule has 8 heteroatoms. The number of aryl methyl sites for hydroxylation is 2. The highest BCUT2D eigenvalue weighted by atomic mass is 32.2. The van der Waals surface area contributed by atoms with E-state index >= 15 is 0 Å². The molecule has 7 nitrogen and oxygen atoms in total. The predicted octanol–water partition coefficient (Wildman–Crippen LogP) is 0.916. The number of aromatic nitrogens is 1. The molecule has 2 atom stereocenters. The largest absolute Gasteiger partial charge is 0.375 e. The third-order valence-electron chi connectivity index (χ3n) is 4.90. The monoisotopic (exact) mass is 343 g/mol. The molecule has 0 radical (unpaired) electrons. The van der Waals surface area contributed by atoms with Crippen molar-refractivity contribution in [3.8, 4) is 0 Å². The van der Waals surface area contributed by atoms with Crippen LogP contribution in [0.2, 0.25) is 0 Å². The van der Waals surface area contributed by atoms with Crippen molar-refractivity contribution in [1.82, 2.24) is 14.4 Å². The van der Waals surface area contributed by atoms with Gasteiger partial charge in [0.15, 0.2) is 0 Å². The van der Waals surface area contributed by atoms with Gasteiger partial charge in [0.25, 0.3) is 0 Å². The normalized spacial score (nSPS) is 27.6. The van der Waals surface area contributed by atoms with Crippen molar-refractivity contribution in [2.75, 3.05) is 32.5 Å². The van der Waals surface area contributed by atoms with E-state index in [4.69, 9.17) is 9.26 Å². The van der Waals surface area contributed by atoms with Crippen LogP contribution in [-0.2, 0) is 21.3 Å². The second-order valence-corrected chi connectivity index (χ2v) is 8.44. The fraction of sp³-hybridized carbons (Fsp3) is 0.800. The van der Waals surface area contributed by atoms with Crippen LogP contribution in [0.25, 0.3) is 0 Å². The Hall–Kier alpha value is -0.960. The Morgan fingerprint density at radius 3 is 2.61 bits per heavy atom. The van der Waals surface area contributed by atoms with Gasteiger partial charge in [-0.05, 0) is 26.7 Å². The van der Waals surface area contributed by atoms with Crippen LogP contribution in [0.3, 0.4) is 0 Å². The van der Waals surface area contributed by atoms with Gasteiger partial charge < -0.3 is 9.26 Å². The molecule has 130 valence electrons. The van der Waals surface area contributed by atoms with Gasteiger partial charge in [0.05, 0.1) is 30.7 Å². The minimum absolute atomic E-state index is 0.00635. The Kier molecular flexibility index (Phi) is 4.78. The molecule has 2 saturated heterocycles. The van der Waals surface area contributed by atoms with Crippen LogP contribution in [0.1, 0.15) is 29.9 Å². The lowest BCUT2D eigenvalue weighted by Gasteiger charge is -2.38. The Bertz CT molecular complexity index is 638. The van der Waals surface area contributed by atoms with Crippen LogP contribution in [0.4, 0.5) is 0 Å². The maximum atomic E-state index is 12.0. The number of hydrogen-bond donors (Lipinski definition) is 0. The third-order valence-corrected chi connectivity index (χ3v) is 6.21. The van der Waals surface area contributed by atoms with Crippen molar-refractivity contribution in [2.24, 2.45) is 0 Å². The summed E-state index contributed by atoms with van der Waals surface area (Å²) in [7, 11) is -3.18. The van der Waals surface area contributed by atoms with Crippen molar-refractivity contribution in [3.63, 3.8) is 0 Å². The summed E-state index contributed by atoms with van der Waals surface area (Å²) in [5.41, 5.74) is 2.06. The topological polar surface area (TPSA) is 75.9 Å². The fourth-order valence-corrected chi connectivity index (χ4v) is 4.76. The average molecular weight is 343 g/mol. The summed E-state index contributed by atoms with van der Waals surface area (Å²) in [5, 5.41) is 4.01. The molecule has 2 aliphatic heterocycles. The molecule has 3 heterocycles. The SMILES string of the molecule is Cc1noc(C)c1CN1CC[C@@H]2[C@@H](CC1)OCCN2S(C)(=O)=O. The van der Waals surface area contributed by atoms with Gasteiger partial charge in [-0.15, -0.1) is 0 Å². The van der Waals surface area contributed by atoms with E-state index in [0.717, 1.165) is 49.5 Å². The molecule has 0 spiro atoms. The Morgan fingerprint density at radius 2 is 1.96 bits per heavy atom. The van der Waals surface area contributed by atoms with Crippen LogP contribution in [0.5, 0.6) is 0 Å². The van der Waals surface area contributed by atoms with Crippen LogP contribution < -0.4 is 0 Å². The molecule has 1 aromatic rings. The lowest BCUT2D eigenvalue weighted by Crippen LogP contribution is -2.53. The van der Waals surface area contributed by atoms with Crippen LogP contribution in [0, 0.1) is 13.8 Å². The number of fused-ring (bicyclic) bond motifs is 1. The lowest BCUT2D eigenvalue weighted by atomic mass is 10.0. The Morgan fingerprint density at radius 1 is 1.22 bits per heavy atom. The quantitative estimate of drug-likeness (QED) is 0.812. The average Bonchev–Trinajstić information content (AvgIpc) is 2.71. The highest BCUT2D eigenvalue weighted by molar-refractivity contribution is 7.88. The fourth-order valence-electron chi connectivity index (χ4n) is 3.62. The number of sulfonamides is 1. The minimum Gasteiger partial charge on any atom is -0.375 e. The van der Waals surface area contributed by atoms with E-state index in [1.54, 1.807) is 4.31 Å². The van der Waals surface area contributed by atoms with E-state index in [-0.39, 0.29) is 12.1 Å². The zero-order chi connectivity index (χ0) is 16.6. The molecule has 2 fully saturated rings. The first-order valence-corrected chi connectivity index (χ1v) is 9.93. The number of ether oxygens (including phenoxy) is 1. The maximum Gasteiger partial charge on any atom is 0.211 e. The highest BCUT2D eigenvalue weighted by Gasteiger charge is 2.38. The summed E-state index contributed by atoms with van der Waals surface area (Å²) < 4.78 is 36.7. The van der Waals surface area contributed by atoms with Gasteiger partial charge >= 0.3 is 0 Å². The van der Waals surface area contributed by atoms with Crippen molar-refractivity contribution < 1.29 is 17.7 Å².